The summed E-state index contributed by atoms with van der Waals surface area (Å²) in [4.78, 5) is 0. The van der Waals surface area contributed by atoms with Crippen LogP contribution >= 0.6 is 0 Å². The van der Waals surface area contributed by atoms with E-state index in [1.165, 1.54) is 28.1 Å². The molecule has 2 aromatic heterocycles. The summed E-state index contributed by atoms with van der Waals surface area (Å²) >= 11 is 0. The molecule has 250 valence electrons. The molecule has 3 aliphatic carbocycles. The number of fused-ring (bicyclic) bond motifs is 6. The van der Waals surface area contributed by atoms with Crippen molar-refractivity contribution >= 4 is 39.7 Å². The molecular formula is C47H37N5. The quantitative estimate of drug-likeness (QED) is 0.162. The molecule has 5 heteroatoms. The molecule has 0 spiro atoms. The fourth-order valence-electron chi connectivity index (χ4n) is 8.17. The molecule has 0 N–H and O–H groups in total. The Hall–Kier alpha value is -6.61. The lowest BCUT2D eigenvalue weighted by atomic mass is 9.85. The summed E-state index contributed by atoms with van der Waals surface area (Å²) in [5, 5.41) is 31.4. The van der Waals surface area contributed by atoms with Crippen LogP contribution in [0.2, 0.25) is 0 Å². The molecule has 3 aromatic carbocycles. The van der Waals surface area contributed by atoms with E-state index >= 15 is 0 Å². The van der Waals surface area contributed by atoms with Gasteiger partial charge in [-0.3, -0.25) is 0 Å². The topological polar surface area (TPSA) is 81.2 Å². The van der Waals surface area contributed by atoms with E-state index < -0.39 is 0 Å². The SMILES string of the molecule is CC(/C=C\C=C/Cc1c(C#N)cccc1C1C=CC(n2c3c(c4c2CC=C(C#N)C=C4)CCC=C3)=CC1)n1c2ccccc2c2cc(C#N)ccc21. The van der Waals surface area contributed by atoms with Crippen molar-refractivity contribution in [3.63, 3.8) is 0 Å². The van der Waals surface area contributed by atoms with Crippen LogP contribution in [0.15, 0.2) is 127 Å². The molecule has 5 nitrogen and oxygen atoms in total. The Balaban J connectivity index is 1.03. The maximum absolute atomic E-state index is 10.1. The molecule has 52 heavy (non-hydrogen) atoms. The fourth-order valence-corrected chi connectivity index (χ4v) is 8.17. The van der Waals surface area contributed by atoms with Gasteiger partial charge in [-0.2, -0.15) is 15.8 Å². The molecule has 2 atom stereocenters. The number of nitriles is 3. The van der Waals surface area contributed by atoms with Gasteiger partial charge in [-0.05, 0) is 103 Å². The van der Waals surface area contributed by atoms with Crippen molar-refractivity contribution in [2.75, 3.05) is 0 Å². The van der Waals surface area contributed by atoms with Crippen LogP contribution in [0.1, 0.15) is 76.5 Å². The van der Waals surface area contributed by atoms with Gasteiger partial charge in [0.2, 0.25) is 0 Å². The monoisotopic (exact) mass is 671 g/mol. The number of allylic oxidation sites excluding steroid dienone is 12. The smallest absolute Gasteiger partial charge is 0.0994 e. The van der Waals surface area contributed by atoms with E-state index in [9.17, 15) is 15.8 Å². The van der Waals surface area contributed by atoms with E-state index in [1.807, 2.05) is 48.6 Å². The van der Waals surface area contributed by atoms with Crippen molar-refractivity contribution < 1.29 is 0 Å². The van der Waals surface area contributed by atoms with Gasteiger partial charge in [-0.1, -0.05) is 85.0 Å². The van der Waals surface area contributed by atoms with E-state index in [1.54, 1.807) is 0 Å². The van der Waals surface area contributed by atoms with Crippen molar-refractivity contribution in [3.05, 3.63) is 172 Å². The average Bonchev–Trinajstić information content (AvgIpc) is 3.60. The molecule has 0 radical (unpaired) electrons. The molecule has 2 unspecified atom stereocenters. The summed E-state index contributed by atoms with van der Waals surface area (Å²) in [6, 6.07) is 27.5. The van der Waals surface area contributed by atoms with E-state index in [4.69, 9.17) is 0 Å². The second-order valence-electron chi connectivity index (χ2n) is 13.6. The zero-order chi connectivity index (χ0) is 35.6. The largest absolute Gasteiger partial charge is 0.334 e. The number of hydrogen-bond acceptors (Lipinski definition) is 3. The normalized spacial score (nSPS) is 17.0. The third kappa shape index (κ3) is 5.76. The third-order valence-electron chi connectivity index (χ3n) is 10.6. The molecule has 3 aliphatic rings. The van der Waals surface area contributed by atoms with Crippen molar-refractivity contribution in [1.82, 2.24) is 9.13 Å². The molecule has 0 saturated heterocycles. The lowest BCUT2D eigenvalue weighted by Gasteiger charge is -2.22. The average molecular weight is 672 g/mol. The van der Waals surface area contributed by atoms with Crippen molar-refractivity contribution in [1.29, 1.82) is 15.8 Å². The minimum atomic E-state index is 0.0899. The Morgan fingerprint density at radius 3 is 2.58 bits per heavy atom. The third-order valence-corrected chi connectivity index (χ3v) is 10.6. The number of para-hydroxylation sites is 1. The molecule has 0 fully saturated rings. The number of benzene rings is 3. The van der Waals surface area contributed by atoms with Gasteiger partial charge >= 0.3 is 0 Å². The minimum Gasteiger partial charge on any atom is -0.334 e. The van der Waals surface area contributed by atoms with Crippen LogP contribution < -0.4 is 0 Å². The molecule has 0 aliphatic heterocycles. The molecular weight excluding hydrogens is 635 g/mol. The van der Waals surface area contributed by atoms with Gasteiger partial charge in [0.15, 0.2) is 0 Å². The Morgan fingerprint density at radius 1 is 0.865 bits per heavy atom. The molecule has 8 rings (SSSR count). The van der Waals surface area contributed by atoms with Gasteiger partial charge in [-0.25, -0.2) is 0 Å². The Bertz CT molecular complexity index is 2600. The summed E-state index contributed by atoms with van der Waals surface area (Å²) in [6.45, 7) is 2.18. The highest BCUT2D eigenvalue weighted by Crippen LogP contribution is 2.39. The first-order valence-electron chi connectivity index (χ1n) is 18.0. The van der Waals surface area contributed by atoms with Crippen LogP contribution in [0.25, 0.3) is 39.7 Å². The maximum atomic E-state index is 10.1. The van der Waals surface area contributed by atoms with Crippen LogP contribution in [0.4, 0.5) is 0 Å². The highest BCUT2D eigenvalue weighted by atomic mass is 15.0. The Labute approximate surface area is 304 Å². The van der Waals surface area contributed by atoms with E-state index in [-0.39, 0.29) is 12.0 Å². The van der Waals surface area contributed by atoms with Crippen LogP contribution in [0.3, 0.4) is 0 Å². The van der Waals surface area contributed by atoms with E-state index in [0.717, 1.165) is 58.7 Å². The van der Waals surface area contributed by atoms with E-state index in [2.05, 4.69) is 119 Å². The predicted octanol–water partition coefficient (Wildman–Crippen LogP) is 10.8. The number of hydrogen-bond donors (Lipinski definition) is 0. The summed E-state index contributed by atoms with van der Waals surface area (Å²) in [5.41, 5.74) is 12.8. The van der Waals surface area contributed by atoms with Crippen LogP contribution in [-0.2, 0) is 19.3 Å². The maximum Gasteiger partial charge on any atom is 0.0994 e. The zero-order valence-corrected chi connectivity index (χ0v) is 29.1. The fraction of sp³-hybridized carbons (Fsp3) is 0.170. The molecule has 2 heterocycles. The molecule has 0 saturated carbocycles. The zero-order valence-electron chi connectivity index (χ0n) is 29.1. The van der Waals surface area contributed by atoms with Crippen molar-refractivity contribution in [2.24, 2.45) is 0 Å². The van der Waals surface area contributed by atoms with Crippen LogP contribution in [-0.4, -0.2) is 9.13 Å². The summed E-state index contributed by atoms with van der Waals surface area (Å²) < 4.78 is 4.71. The van der Waals surface area contributed by atoms with Gasteiger partial charge in [-0.15, -0.1) is 0 Å². The lowest BCUT2D eigenvalue weighted by Crippen LogP contribution is -2.09. The van der Waals surface area contributed by atoms with Crippen molar-refractivity contribution in [2.45, 2.75) is 51.0 Å². The predicted molar refractivity (Wildman–Crippen MR) is 211 cm³/mol. The van der Waals surface area contributed by atoms with Crippen LogP contribution in [0.5, 0.6) is 0 Å². The first-order chi connectivity index (χ1) is 25.6. The van der Waals surface area contributed by atoms with Gasteiger partial charge in [0.05, 0.1) is 29.3 Å². The second kappa shape index (κ2) is 14.0. The van der Waals surface area contributed by atoms with Gasteiger partial charge < -0.3 is 9.13 Å². The Morgan fingerprint density at radius 2 is 1.75 bits per heavy atom. The van der Waals surface area contributed by atoms with Gasteiger partial charge in [0.25, 0.3) is 0 Å². The summed E-state index contributed by atoms with van der Waals surface area (Å²) in [7, 11) is 0. The highest BCUT2D eigenvalue weighted by Gasteiger charge is 2.25. The molecule has 0 bridgehead atoms. The first-order valence-corrected chi connectivity index (χ1v) is 18.0. The van der Waals surface area contributed by atoms with Crippen LogP contribution in [0, 0.1) is 34.0 Å². The Kier molecular flexibility index (Phi) is 8.74. The molecule has 0 amide bonds. The number of aromatic nitrogens is 2. The minimum absolute atomic E-state index is 0.0899. The summed E-state index contributed by atoms with van der Waals surface area (Å²) in [6.07, 6.45) is 30.2. The number of nitrogens with zero attached hydrogens (tertiary/aromatic N) is 5. The lowest BCUT2D eigenvalue weighted by molar-refractivity contribution is 0.710. The number of rotatable bonds is 7. The standard InChI is InChI=1S/C47H37N5/c1-32(51-44-16-7-6-14-41(44)43-28-34(30-49)20-27-47(43)51)10-3-2-4-12-39-36(31-50)11-9-15-38(39)35-21-23-37(24-22-35)52-45-17-8-5-13-40(45)42-25-18-33(29-48)19-26-46(42)52/h2-4,6-11,14-21,23-25,27-28,32,35H,5,12-13,22,26H2,1H3/b4-2-,10-3-. The van der Waals surface area contributed by atoms with Gasteiger partial charge in [0.1, 0.15) is 0 Å². The highest BCUT2D eigenvalue weighted by molar-refractivity contribution is 6.08. The first kappa shape index (κ1) is 32.6. The second-order valence-corrected chi connectivity index (χ2v) is 13.6. The molecule has 5 aromatic rings. The summed E-state index contributed by atoms with van der Waals surface area (Å²) in [5.74, 6) is 0.165. The van der Waals surface area contributed by atoms with Gasteiger partial charge in [0, 0.05) is 62.8 Å². The van der Waals surface area contributed by atoms with E-state index in [0.29, 0.717) is 23.1 Å². The van der Waals surface area contributed by atoms with Crippen molar-refractivity contribution in [3.8, 4) is 18.2 Å².